The van der Waals surface area contributed by atoms with Crippen LogP contribution in [0, 0.1) is 0 Å². The van der Waals surface area contributed by atoms with Gasteiger partial charge in [-0.3, -0.25) is 0 Å². The highest BCUT2D eigenvalue weighted by Crippen LogP contribution is 2.37. The molecule has 1 aliphatic heterocycles. The van der Waals surface area contributed by atoms with Crippen molar-refractivity contribution in [3.63, 3.8) is 0 Å². The van der Waals surface area contributed by atoms with Crippen LogP contribution in [0.4, 0.5) is 0 Å². The lowest BCUT2D eigenvalue weighted by Gasteiger charge is -2.36. The van der Waals surface area contributed by atoms with Crippen LogP contribution in [0.15, 0.2) is 42.5 Å². The molecule has 0 bridgehead atoms. The molecule has 0 radical (unpaired) electrons. The fraction of sp³-hybridized carbons (Fsp3) is 0.636. The first-order chi connectivity index (χ1) is 12.8. The van der Waals surface area contributed by atoms with Crippen LogP contribution in [0.1, 0.15) is 46.3 Å². The van der Waals surface area contributed by atoms with Crippen LogP contribution < -0.4 is 0 Å². The summed E-state index contributed by atoms with van der Waals surface area (Å²) in [5.74, 6) is -0.808. The molecule has 1 saturated heterocycles. The van der Waals surface area contributed by atoms with E-state index in [4.69, 9.17) is 13.9 Å². The van der Waals surface area contributed by atoms with Gasteiger partial charge in [-0.05, 0) is 37.5 Å². The van der Waals surface area contributed by atoms with Gasteiger partial charge in [0.05, 0.1) is 12.7 Å². The molecule has 4 atom stereocenters. The average Bonchev–Trinajstić information content (AvgIpc) is 2.92. The Morgan fingerprint density at radius 3 is 2.32 bits per heavy atom. The van der Waals surface area contributed by atoms with Gasteiger partial charge in [-0.15, -0.1) is 0 Å². The Kier molecular flexibility index (Phi) is 7.29. The summed E-state index contributed by atoms with van der Waals surface area (Å²) in [5, 5.41) is 21.2. The van der Waals surface area contributed by atoms with Crippen LogP contribution in [0.5, 0.6) is 0 Å². The molecule has 1 aliphatic rings. The first-order valence-corrected chi connectivity index (χ1v) is 12.8. The average molecular weight is 409 g/mol. The smallest absolute Gasteiger partial charge is 0.192 e. The highest BCUT2D eigenvalue weighted by Gasteiger charge is 2.44. The Bertz CT molecular complexity index is 651. The fourth-order valence-corrected chi connectivity index (χ4v) is 3.87. The molecular formula is C22H36O5Si. The molecule has 5 nitrogen and oxygen atoms in total. The summed E-state index contributed by atoms with van der Waals surface area (Å²) in [6.45, 7) is 14.7. The molecule has 1 fully saturated rings. The summed E-state index contributed by atoms with van der Waals surface area (Å²) in [4.78, 5) is 0. The van der Waals surface area contributed by atoms with Crippen molar-refractivity contribution < 1.29 is 24.1 Å². The lowest BCUT2D eigenvalue weighted by molar-refractivity contribution is -0.153. The number of hydrogen-bond donors (Lipinski definition) is 2. The van der Waals surface area contributed by atoms with E-state index in [1.807, 2.05) is 44.2 Å². The minimum atomic E-state index is -1.92. The summed E-state index contributed by atoms with van der Waals surface area (Å²) in [6, 6.07) is 9.39. The number of aliphatic hydroxyl groups excluding tert-OH is 2. The SMILES string of the molecule is CC1(C)O[C@@H]([C@H](O)c2ccccc2)[C@@H](/C=C/[C@H](O)CO[Si](C)(C)C(C)(C)C)O1. The molecule has 0 unspecified atom stereocenters. The molecule has 1 aromatic carbocycles. The van der Waals surface area contributed by atoms with E-state index in [1.54, 1.807) is 12.2 Å². The molecule has 2 rings (SSSR count). The number of hydrogen-bond acceptors (Lipinski definition) is 5. The van der Waals surface area contributed by atoms with E-state index in [0.717, 1.165) is 5.56 Å². The maximum absolute atomic E-state index is 10.8. The minimum Gasteiger partial charge on any atom is -0.414 e. The molecule has 0 aliphatic carbocycles. The summed E-state index contributed by atoms with van der Waals surface area (Å²) < 4.78 is 18.0. The minimum absolute atomic E-state index is 0.0910. The van der Waals surface area contributed by atoms with E-state index in [9.17, 15) is 10.2 Å². The summed E-state index contributed by atoms with van der Waals surface area (Å²) >= 11 is 0. The van der Waals surface area contributed by atoms with Crippen molar-refractivity contribution in [2.45, 2.75) is 83.0 Å². The highest BCUT2D eigenvalue weighted by molar-refractivity contribution is 6.74. The van der Waals surface area contributed by atoms with Crippen molar-refractivity contribution >= 4 is 8.32 Å². The Hall–Kier alpha value is -1.02. The van der Waals surface area contributed by atoms with E-state index in [0.29, 0.717) is 0 Å². The fourth-order valence-electron chi connectivity index (χ4n) is 2.85. The number of benzene rings is 1. The molecule has 2 N–H and O–H groups in total. The maximum Gasteiger partial charge on any atom is 0.192 e. The van der Waals surface area contributed by atoms with Gasteiger partial charge >= 0.3 is 0 Å². The van der Waals surface area contributed by atoms with E-state index < -0.39 is 38.5 Å². The Balaban J connectivity index is 2.03. The summed E-state index contributed by atoms with van der Waals surface area (Å²) in [6.07, 6.45) is 0.863. The second kappa shape index (κ2) is 8.77. The van der Waals surface area contributed by atoms with Crippen molar-refractivity contribution in [1.29, 1.82) is 0 Å². The number of rotatable bonds is 7. The lowest BCUT2D eigenvalue weighted by Crippen LogP contribution is -2.42. The van der Waals surface area contributed by atoms with Gasteiger partial charge in [-0.1, -0.05) is 63.3 Å². The monoisotopic (exact) mass is 408 g/mol. The van der Waals surface area contributed by atoms with E-state index >= 15 is 0 Å². The van der Waals surface area contributed by atoms with E-state index in [1.165, 1.54) is 0 Å². The van der Waals surface area contributed by atoms with Crippen LogP contribution in [0.3, 0.4) is 0 Å². The van der Waals surface area contributed by atoms with Gasteiger partial charge in [0.25, 0.3) is 0 Å². The third-order valence-corrected chi connectivity index (χ3v) is 10.1. The molecule has 1 heterocycles. The second-order valence-electron chi connectivity index (χ2n) is 9.44. The standard InChI is InChI=1S/C22H36O5Si/c1-21(2,3)28(6,7)25-15-17(23)13-14-18-20(27-22(4,5)26-18)19(24)16-11-9-8-10-12-16/h8-14,17-20,23-24H,15H2,1-7H3/b14-13+/t17-,18+,19+,20+/m0/s1. The van der Waals surface area contributed by atoms with Crippen LogP contribution >= 0.6 is 0 Å². The van der Waals surface area contributed by atoms with Crippen molar-refractivity contribution in [3.05, 3.63) is 48.0 Å². The summed E-state index contributed by atoms with van der Waals surface area (Å²) in [7, 11) is -1.92. The zero-order chi connectivity index (χ0) is 21.2. The van der Waals surface area contributed by atoms with Gasteiger partial charge in [0.15, 0.2) is 14.1 Å². The highest BCUT2D eigenvalue weighted by atomic mass is 28.4. The Labute approximate surface area is 170 Å². The number of aliphatic hydroxyl groups is 2. The quantitative estimate of drug-likeness (QED) is 0.523. The first kappa shape index (κ1) is 23.3. The van der Waals surface area contributed by atoms with Gasteiger partial charge in [0.1, 0.15) is 18.3 Å². The van der Waals surface area contributed by atoms with Gasteiger partial charge in [0, 0.05) is 0 Å². The molecule has 6 heteroatoms. The molecule has 1 aromatic rings. The molecular weight excluding hydrogens is 372 g/mol. The van der Waals surface area contributed by atoms with Gasteiger partial charge < -0.3 is 24.1 Å². The lowest BCUT2D eigenvalue weighted by atomic mass is 10.00. The van der Waals surface area contributed by atoms with Crippen LogP contribution in [-0.2, 0) is 13.9 Å². The van der Waals surface area contributed by atoms with Crippen LogP contribution in [0.25, 0.3) is 0 Å². The Morgan fingerprint density at radius 2 is 1.75 bits per heavy atom. The molecule has 28 heavy (non-hydrogen) atoms. The zero-order valence-corrected chi connectivity index (χ0v) is 19.2. The predicted octanol–water partition coefficient (Wildman–Crippen LogP) is 4.18. The van der Waals surface area contributed by atoms with Gasteiger partial charge in [-0.25, -0.2) is 0 Å². The molecule has 158 valence electrons. The molecule has 0 spiro atoms. The summed E-state index contributed by atoms with van der Waals surface area (Å²) in [5.41, 5.74) is 0.772. The molecule has 0 saturated carbocycles. The van der Waals surface area contributed by atoms with Crippen LogP contribution in [-0.4, -0.2) is 49.2 Å². The molecule has 0 amide bonds. The first-order valence-electron chi connectivity index (χ1n) is 9.91. The normalized spacial score (nSPS) is 25.2. The zero-order valence-electron chi connectivity index (χ0n) is 18.2. The van der Waals surface area contributed by atoms with E-state index in [-0.39, 0.29) is 11.6 Å². The van der Waals surface area contributed by atoms with Gasteiger partial charge in [0.2, 0.25) is 0 Å². The number of ether oxygens (including phenoxy) is 2. The van der Waals surface area contributed by atoms with Crippen molar-refractivity contribution in [2.24, 2.45) is 0 Å². The largest absolute Gasteiger partial charge is 0.414 e. The topological polar surface area (TPSA) is 68.2 Å². The van der Waals surface area contributed by atoms with E-state index in [2.05, 4.69) is 33.9 Å². The maximum atomic E-state index is 10.8. The van der Waals surface area contributed by atoms with Crippen LogP contribution in [0.2, 0.25) is 18.1 Å². The third kappa shape index (κ3) is 5.99. The third-order valence-electron chi connectivity index (χ3n) is 5.56. The van der Waals surface area contributed by atoms with Gasteiger partial charge in [-0.2, -0.15) is 0 Å². The second-order valence-corrected chi connectivity index (χ2v) is 14.3. The Morgan fingerprint density at radius 1 is 1.14 bits per heavy atom. The predicted molar refractivity (Wildman–Crippen MR) is 114 cm³/mol. The van der Waals surface area contributed by atoms with Crippen molar-refractivity contribution in [1.82, 2.24) is 0 Å². The van der Waals surface area contributed by atoms with Crippen molar-refractivity contribution in [2.75, 3.05) is 6.61 Å². The van der Waals surface area contributed by atoms with Crippen molar-refractivity contribution in [3.8, 4) is 0 Å². The molecule has 0 aromatic heterocycles.